The van der Waals surface area contributed by atoms with Crippen molar-refractivity contribution in [2.75, 3.05) is 6.54 Å². The fourth-order valence-corrected chi connectivity index (χ4v) is 3.58. The van der Waals surface area contributed by atoms with Crippen LogP contribution in [0.1, 0.15) is 56.6 Å². The lowest BCUT2D eigenvalue weighted by atomic mass is 9.67. The molecule has 1 aliphatic rings. The Morgan fingerprint density at radius 2 is 1.79 bits per heavy atom. The second-order valence-electron chi connectivity index (χ2n) is 6.60. The fourth-order valence-electron chi connectivity index (χ4n) is 3.58. The lowest BCUT2D eigenvalue weighted by Gasteiger charge is -2.40. The summed E-state index contributed by atoms with van der Waals surface area (Å²) in [6.45, 7) is 5.30. The van der Waals surface area contributed by atoms with Crippen LogP contribution in [-0.2, 0) is 6.42 Å². The molecule has 1 fully saturated rings. The zero-order valence-corrected chi connectivity index (χ0v) is 12.6. The first kappa shape index (κ1) is 14.6. The average Bonchev–Trinajstić information content (AvgIpc) is 2.44. The van der Waals surface area contributed by atoms with Crippen molar-refractivity contribution >= 4 is 0 Å². The molecule has 0 aliphatic heterocycles. The van der Waals surface area contributed by atoms with Crippen molar-refractivity contribution in [3.8, 4) is 0 Å². The van der Waals surface area contributed by atoms with E-state index in [1.807, 2.05) is 0 Å². The molecular weight excluding hydrogens is 230 g/mol. The van der Waals surface area contributed by atoms with Gasteiger partial charge in [-0.25, -0.2) is 0 Å². The second-order valence-corrected chi connectivity index (χ2v) is 6.60. The molecule has 19 heavy (non-hydrogen) atoms. The van der Waals surface area contributed by atoms with Crippen LogP contribution >= 0.6 is 0 Å². The van der Waals surface area contributed by atoms with Crippen LogP contribution in [0.15, 0.2) is 24.3 Å². The highest BCUT2D eigenvalue weighted by Crippen LogP contribution is 2.42. The summed E-state index contributed by atoms with van der Waals surface area (Å²) in [6, 6.07) is 9.01. The summed E-state index contributed by atoms with van der Waals surface area (Å²) in [5, 5.41) is 0. The molecular formula is C18H29N. The molecule has 2 N–H and O–H groups in total. The van der Waals surface area contributed by atoms with Crippen molar-refractivity contribution < 1.29 is 0 Å². The Hall–Kier alpha value is -0.820. The van der Waals surface area contributed by atoms with Gasteiger partial charge in [-0.1, -0.05) is 49.6 Å². The van der Waals surface area contributed by atoms with Crippen LogP contribution in [0.4, 0.5) is 0 Å². The Kier molecular flexibility index (Phi) is 5.04. The van der Waals surface area contributed by atoms with Crippen molar-refractivity contribution in [3.63, 3.8) is 0 Å². The van der Waals surface area contributed by atoms with Gasteiger partial charge in [-0.15, -0.1) is 0 Å². The molecule has 106 valence electrons. The Morgan fingerprint density at radius 3 is 2.32 bits per heavy atom. The zero-order chi connectivity index (χ0) is 13.7. The third-order valence-electron chi connectivity index (χ3n) is 5.00. The molecule has 2 rings (SSSR count). The van der Waals surface area contributed by atoms with Crippen LogP contribution in [0.3, 0.4) is 0 Å². The minimum Gasteiger partial charge on any atom is -0.330 e. The molecule has 0 radical (unpaired) electrons. The van der Waals surface area contributed by atoms with Gasteiger partial charge in [0.15, 0.2) is 0 Å². The zero-order valence-electron chi connectivity index (χ0n) is 12.6. The molecule has 0 atom stereocenters. The summed E-state index contributed by atoms with van der Waals surface area (Å²) < 4.78 is 0. The van der Waals surface area contributed by atoms with E-state index in [0.717, 1.165) is 12.5 Å². The highest BCUT2D eigenvalue weighted by molar-refractivity contribution is 5.22. The van der Waals surface area contributed by atoms with Crippen LogP contribution in [0.5, 0.6) is 0 Å². The maximum absolute atomic E-state index is 6.14. The van der Waals surface area contributed by atoms with Gasteiger partial charge in [0.1, 0.15) is 0 Å². The summed E-state index contributed by atoms with van der Waals surface area (Å²) in [5.74, 6) is 0.961. The first-order valence-electron chi connectivity index (χ1n) is 7.93. The number of benzene rings is 1. The van der Waals surface area contributed by atoms with E-state index in [1.165, 1.54) is 56.1 Å². The quantitative estimate of drug-likeness (QED) is 0.829. The number of rotatable bonds is 5. The number of nitrogens with two attached hydrogens (primary N) is 1. The predicted octanol–water partition coefficient (Wildman–Crippen LogP) is 4.47. The van der Waals surface area contributed by atoms with Crippen molar-refractivity contribution in [3.05, 3.63) is 35.4 Å². The molecule has 1 aromatic carbocycles. The van der Waals surface area contributed by atoms with E-state index in [4.69, 9.17) is 5.73 Å². The molecule has 1 nitrogen and oxygen atoms in total. The van der Waals surface area contributed by atoms with Gasteiger partial charge in [0.2, 0.25) is 0 Å². The van der Waals surface area contributed by atoms with Crippen LogP contribution < -0.4 is 5.73 Å². The van der Waals surface area contributed by atoms with Crippen LogP contribution in [-0.4, -0.2) is 6.54 Å². The highest BCUT2D eigenvalue weighted by atomic mass is 14.6. The van der Waals surface area contributed by atoms with Gasteiger partial charge in [-0.3, -0.25) is 0 Å². The van der Waals surface area contributed by atoms with E-state index in [9.17, 15) is 0 Å². The normalized spacial score (nSPS) is 27.4. The molecule has 0 amide bonds. The lowest BCUT2D eigenvalue weighted by Crippen LogP contribution is -2.36. The maximum atomic E-state index is 6.14. The van der Waals surface area contributed by atoms with Gasteiger partial charge in [0.25, 0.3) is 0 Å². The Labute approximate surface area is 118 Å². The average molecular weight is 259 g/mol. The van der Waals surface area contributed by atoms with Gasteiger partial charge in [-0.2, -0.15) is 0 Å². The monoisotopic (exact) mass is 259 g/mol. The first-order chi connectivity index (χ1) is 9.17. The maximum Gasteiger partial charge on any atom is -0.00173 e. The van der Waals surface area contributed by atoms with Crippen molar-refractivity contribution in [1.82, 2.24) is 0 Å². The van der Waals surface area contributed by atoms with Crippen LogP contribution in [0, 0.1) is 18.3 Å². The largest absolute Gasteiger partial charge is 0.330 e. The minimum absolute atomic E-state index is 0.375. The van der Waals surface area contributed by atoms with Gasteiger partial charge < -0.3 is 5.73 Å². The first-order valence-corrected chi connectivity index (χ1v) is 7.93. The van der Waals surface area contributed by atoms with E-state index in [0.29, 0.717) is 5.41 Å². The molecule has 1 aliphatic carbocycles. The molecule has 0 bridgehead atoms. The van der Waals surface area contributed by atoms with E-state index in [1.54, 1.807) is 0 Å². The summed E-state index contributed by atoms with van der Waals surface area (Å²) in [7, 11) is 0. The number of hydrogen-bond acceptors (Lipinski definition) is 1. The fraction of sp³-hybridized carbons (Fsp3) is 0.667. The van der Waals surface area contributed by atoms with Gasteiger partial charge in [-0.05, 0) is 62.5 Å². The van der Waals surface area contributed by atoms with Gasteiger partial charge >= 0.3 is 0 Å². The molecule has 1 aromatic rings. The van der Waals surface area contributed by atoms with Crippen molar-refractivity contribution in [1.29, 1.82) is 0 Å². The van der Waals surface area contributed by atoms with Crippen molar-refractivity contribution in [2.45, 2.75) is 58.8 Å². The summed E-state index contributed by atoms with van der Waals surface area (Å²) in [4.78, 5) is 0. The topological polar surface area (TPSA) is 26.0 Å². The predicted molar refractivity (Wildman–Crippen MR) is 83.2 cm³/mol. The molecule has 1 heteroatoms. The lowest BCUT2D eigenvalue weighted by molar-refractivity contribution is 0.151. The third-order valence-corrected chi connectivity index (χ3v) is 5.00. The van der Waals surface area contributed by atoms with Gasteiger partial charge in [0.05, 0.1) is 0 Å². The van der Waals surface area contributed by atoms with E-state index in [2.05, 4.69) is 38.1 Å². The summed E-state index contributed by atoms with van der Waals surface area (Å²) >= 11 is 0. The van der Waals surface area contributed by atoms with Crippen LogP contribution in [0.25, 0.3) is 0 Å². The molecule has 0 heterocycles. The summed E-state index contributed by atoms with van der Waals surface area (Å²) in [5.41, 5.74) is 9.32. The van der Waals surface area contributed by atoms with E-state index < -0.39 is 0 Å². The van der Waals surface area contributed by atoms with Crippen molar-refractivity contribution in [2.24, 2.45) is 17.1 Å². The molecule has 0 unspecified atom stereocenters. The Bertz CT molecular complexity index is 371. The van der Waals surface area contributed by atoms with E-state index >= 15 is 0 Å². The standard InChI is InChI=1S/C18H29N/c1-3-4-16-9-11-18(14-19,12-10-16)13-17-7-5-15(2)6-8-17/h5-8,16H,3-4,9-14,19H2,1-2H3. The van der Waals surface area contributed by atoms with Crippen LogP contribution in [0.2, 0.25) is 0 Å². The second kappa shape index (κ2) is 6.56. The highest BCUT2D eigenvalue weighted by Gasteiger charge is 2.33. The smallest absolute Gasteiger partial charge is 0.00173 e. The summed E-state index contributed by atoms with van der Waals surface area (Å²) in [6.07, 6.45) is 9.32. The number of aryl methyl sites for hydroxylation is 1. The number of hydrogen-bond donors (Lipinski definition) is 1. The molecule has 0 aromatic heterocycles. The molecule has 0 spiro atoms. The SMILES string of the molecule is CCCC1CCC(CN)(Cc2ccc(C)cc2)CC1. The molecule has 0 saturated heterocycles. The minimum atomic E-state index is 0.375. The molecule has 1 saturated carbocycles. The third kappa shape index (κ3) is 3.82. The Balaban J connectivity index is 1.98. The van der Waals surface area contributed by atoms with E-state index in [-0.39, 0.29) is 0 Å². The van der Waals surface area contributed by atoms with Gasteiger partial charge in [0, 0.05) is 0 Å². The Morgan fingerprint density at radius 1 is 1.16 bits per heavy atom.